The minimum atomic E-state index is -0.455. The molecule has 7 heteroatoms. The topological polar surface area (TPSA) is 111 Å². The quantitative estimate of drug-likeness (QED) is 0.567. The first kappa shape index (κ1) is 12.9. The van der Waals surface area contributed by atoms with Gasteiger partial charge in [0.05, 0.1) is 11.4 Å². The molecular formula is C12H13N3O4. The molecule has 0 saturated heterocycles. The van der Waals surface area contributed by atoms with Gasteiger partial charge in [0.2, 0.25) is 0 Å². The maximum absolute atomic E-state index is 11.9. The fraction of sp³-hybridized carbons (Fsp3) is 0.167. The molecule has 0 saturated carbocycles. The van der Waals surface area contributed by atoms with Crippen molar-refractivity contribution in [1.82, 2.24) is 5.16 Å². The van der Waals surface area contributed by atoms with Crippen molar-refractivity contribution in [3.8, 4) is 5.75 Å². The summed E-state index contributed by atoms with van der Waals surface area (Å²) in [6.07, 6.45) is 0. The van der Waals surface area contributed by atoms with Crippen molar-refractivity contribution in [1.29, 1.82) is 0 Å². The number of aromatic hydroxyl groups is 1. The van der Waals surface area contributed by atoms with Gasteiger partial charge in [-0.05, 0) is 12.1 Å². The molecule has 19 heavy (non-hydrogen) atoms. The Morgan fingerprint density at radius 3 is 3.00 bits per heavy atom. The lowest BCUT2D eigenvalue weighted by Gasteiger charge is -2.06. The number of nitrogen functional groups attached to an aromatic ring is 1. The van der Waals surface area contributed by atoms with E-state index in [1.807, 2.05) is 0 Å². The van der Waals surface area contributed by atoms with Crippen LogP contribution in [0.2, 0.25) is 0 Å². The van der Waals surface area contributed by atoms with Gasteiger partial charge in [-0.2, -0.15) is 0 Å². The van der Waals surface area contributed by atoms with E-state index in [1.54, 1.807) is 0 Å². The summed E-state index contributed by atoms with van der Waals surface area (Å²) in [4.78, 5) is 11.9. The Labute approximate surface area is 109 Å². The van der Waals surface area contributed by atoms with Crippen molar-refractivity contribution in [3.63, 3.8) is 0 Å². The molecule has 4 N–H and O–H groups in total. The zero-order valence-electron chi connectivity index (χ0n) is 10.2. The maximum Gasteiger partial charge on any atom is 0.277 e. The van der Waals surface area contributed by atoms with E-state index in [2.05, 4.69) is 10.5 Å². The number of carbonyl (C=O) groups is 1. The number of nitrogens with two attached hydrogens (primary N) is 1. The number of aromatic nitrogens is 1. The number of nitrogens with one attached hydrogen (secondary N) is 1. The summed E-state index contributed by atoms with van der Waals surface area (Å²) in [7, 11) is 1.51. The van der Waals surface area contributed by atoms with E-state index < -0.39 is 5.91 Å². The number of hydrogen-bond donors (Lipinski definition) is 3. The molecule has 7 nitrogen and oxygen atoms in total. The predicted octanol–water partition coefficient (Wildman–Crippen LogP) is 1.36. The number of amides is 1. The summed E-state index contributed by atoms with van der Waals surface area (Å²) in [5.41, 5.74) is 6.43. The zero-order chi connectivity index (χ0) is 13.8. The molecule has 2 aromatic rings. The van der Waals surface area contributed by atoms with Crippen LogP contribution >= 0.6 is 0 Å². The molecule has 0 fully saturated rings. The molecule has 1 aromatic heterocycles. The molecule has 0 spiro atoms. The second-order valence-corrected chi connectivity index (χ2v) is 3.84. The molecule has 0 bridgehead atoms. The molecule has 100 valence electrons. The Kier molecular flexibility index (Phi) is 3.67. The maximum atomic E-state index is 11.9. The van der Waals surface area contributed by atoms with Crippen molar-refractivity contribution >= 4 is 17.3 Å². The molecule has 0 aliphatic carbocycles. The summed E-state index contributed by atoms with van der Waals surface area (Å²) in [5.74, 6) is 0.0223. The molecule has 0 aliphatic rings. The first-order valence-electron chi connectivity index (χ1n) is 5.44. The van der Waals surface area contributed by atoms with Gasteiger partial charge in [0.15, 0.2) is 11.5 Å². The van der Waals surface area contributed by atoms with Crippen LogP contribution in [0.25, 0.3) is 0 Å². The number of methoxy groups -OCH3 is 1. The van der Waals surface area contributed by atoms with Gasteiger partial charge in [-0.15, -0.1) is 0 Å². The molecule has 1 aromatic carbocycles. The van der Waals surface area contributed by atoms with Crippen molar-refractivity contribution in [2.75, 3.05) is 18.2 Å². The number of phenolic OH excluding ortho intramolecular Hbond substituents is 1. The Hall–Kier alpha value is -2.54. The lowest BCUT2D eigenvalue weighted by atomic mass is 10.2. The van der Waals surface area contributed by atoms with Crippen molar-refractivity contribution in [2.24, 2.45) is 0 Å². The van der Waals surface area contributed by atoms with Gasteiger partial charge in [-0.3, -0.25) is 4.79 Å². The highest BCUT2D eigenvalue weighted by Gasteiger charge is 2.13. The van der Waals surface area contributed by atoms with Crippen LogP contribution in [0.5, 0.6) is 5.75 Å². The largest absolute Gasteiger partial charge is 0.508 e. The third kappa shape index (κ3) is 3.02. The number of benzene rings is 1. The number of phenols is 1. The Morgan fingerprint density at radius 2 is 2.32 bits per heavy atom. The smallest absolute Gasteiger partial charge is 0.277 e. The first-order valence-corrected chi connectivity index (χ1v) is 5.44. The summed E-state index contributed by atoms with van der Waals surface area (Å²) in [5, 5.41) is 15.4. The van der Waals surface area contributed by atoms with E-state index >= 15 is 0 Å². The minimum absolute atomic E-state index is 0.0271. The van der Waals surface area contributed by atoms with Gasteiger partial charge in [0.1, 0.15) is 12.4 Å². The van der Waals surface area contributed by atoms with Crippen LogP contribution in [0.15, 0.2) is 28.8 Å². The van der Waals surface area contributed by atoms with Gasteiger partial charge < -0.3 is 25.4 Å². The van der Waals surface area contributed by atoms with E-state index in [-0.39, 0.29) is 23.7 Å². The van der Waals surface area contributed by atoms with Crippen LogP contribution in [0.3, 0.4) is 0 Å². The van der Waals surface area contributed by atoms with Gasteiger partial charge in [-0.1, -0.05) is 5.16 Å². The van der Waals surface area contributed by atoms with Crippen molar-refractivity contribution in [2.45, 2.75) is 6.61 Å². The number of rotatable bonds is 4. The normalized spacial score (nSPS) is 10.4. The molecular weight excluding hydrogens is 250 g/mol. The number of hydrogen-bond acceptors (Lipinski definition) is 6. The van der Waals surface area contributed by atoms with Gasteiger partial charge in [-0.25, -0.2) is 0 Å². The van der Waals surface area contributed by atoms with E-state index in [0.717, 1.165) is 0 Å². The lowest BCUT2D eigenvalue weighted by molar-refractivity contribution is 0.101. The fourth-order valence-corrected chi connectivity index (χ4v) is 1.48. The molecule has 0 aliphatic heterocycles. The SMILES string of the molecule is COCc1cc(C(=O)Nc2ccc(O)cc2N)no1. The molecule has 1 amide bonds. The zero-order valence-corrected chi connectivity index (χ0v) is 10.2. The molecule has 1 heterocycles. The average molecular weight is 263 g/mol. The summed E-state index contributed by atoms with van der Waals surface area (Å²) in [6, 6.07) is 5.74. The van der Waals surface area contributed by atoms with Crippen LogP contribution < -0.4 is 11.1 Å². The lowest BCUT2D eigenvalue weighted by Crippen LogP contribution is -2.13. The van der Waals surface area contributed by atoms with Crippen LogP contribution in [-0.4, -0.2) is 23.3 Å². The number of carbonyl (C=O) groups excluding carboxylic acids is 1. The fourth-order valence-electron chi connectivity index (χ4n) is 1.48. The molecule has 0 unspecified atom stereocenters. The van der Waals surface area contributed by atoms with Gasteiger partial charge >= 0.3 is 0 Å². The summed E-state index contributed by atoms with van der Waals surface area (Å²) >= 11 is 0. The van der Waals surface area contributed by atoms with Crippen molar-refractivity contribution < 1.29 is 19.2 Å². The monoisotopic (exact) mass is 263 g/mol. The summed E-state index contributed by atoms with van der Waals surface area (Å²) < 4.78 is 9.76. The Morgan fingerprint density at radius 1 is 1.53 bits per heavy atom. The van der Waals surface area contributed by atoms with Crippen LogP contribution in [-0.2, 0) is 11.3 Å². The first-order chi connectivity index (χ1) is 9.10. The van der Waals surface area contributed by atoms with E-state index in [0.29, 0.717) is 11.4 Å². The highest BCUT2D eigenvalue weighted by Crippen LogP contribution is 2.23. The Bertz CT molecular complexity index is 594. The van der Waals surface area contributed by atoms with E-state index in [1.165, 1.54) is 31.4 Å². The molecule has 2 rings (SSSR count). The predicted molar refractivity (Wildman–Crippen MR) is 67.7 cm³/mol. The van der Waals surface area contributed by atoms with Crippen LogP contribution in [0.1, 0.15) is 16.2 Å². The Balaban J connectivity index is 2.11. The average Bonchev–Trinajstić information content (AvgIpc) is 2.82. The number of ether oxygens (including phenoxy) is 1. The highest BCUT2D eigenvalue weighted by atomic mass is 16.5. The van der Waals surface area contributed by atoms with Gasteiger partial charge in [0.25, 0.3) is 5.91 Å². The third-order valence-corrected chi connectivity index (χ3v) is 2.36. The number of nitrogens with zero attached hydrogens (tertiary/aromatic N) is 1. The van der Waals surface area contributed by atoms with E-state index in [9.17, 15) is 9.90 Å². The standard InChI is InChI=1S/C12H13N3O4/c1-18-6-8-5-11(15-19-8)12(17)14-10-3-2-7(16)4-9(10)13/h2-5,16H,6,13H2,1H3,(H,14,17). The van der Waals surface area contributed by atoms with Crippen LogP contribution in [0.4, 0.5) is 11.4 Å². The second kappa shape index (κ2) is 5.40. The summed E-state index contributed by atoms with van der Waals surface area (Å²) in [6.45, 7) is 0.238. The molecule has 0 atom stereocenters. The third-order valence-electron chi connectivity index (χ3n) is 2.36. The minimum Gasteiger partial charge on any atom is -0.508 e. The van der Waals surface area contributed by atoms with Crippen molar-refractivity contribution in [3.05, 3.63) is 35.7 Å². The second-order valence-electron chi connectivity index (χ2n) is 3.84. The van der Waals surface area contributed by atoms with Crippen LogP contribution in [0, 0.1) is 0 Å². The molecule has 0 radical (unpaired) electrons. The highest BCUT2D eigenvalue weighted by molar-refractivity contribution is 6.04. The van der Waals surface area contributed by atoms with Gasteiger partial charge in [0, 0.05) is 19.2 Å². The van der Waals surface area contributed by atoms with E-state index in [4.69, 9.17) is 15.0 Å². The number of anilines is 2.